The van der Waals surface area contributed by atoms with Crippen LogP contribution in [0.15, 0.2) is 12.2 Å². The van der Waals surface area contributed by atoms with Gasteiger partial charge in [0.2, 0.25) is 5.91 Å². The Balaban J connectivity index is 2.54. The zero-order valence-electron chi connectivity index (χ0n) is 9.94. The highest BCUT2D eigenvalue weighted by Crippen LogP contribution is 2.20. The van der Waals surface area contributed by atoms with Gasteiger partial charge in [-0.25, -0.2) is 0 Å². The molecular formula is C12H19NO3. The van der Waals surface area contributed by atoms with Crippen molar-refractivity contribution in [3.63, 3.8) is 0 Å². The number of hydrogen-bond acceptors (Lipinski definition) is 3. The highest BCUT2D eigenvalue weighted by molar-refractivity contribution is 5.83. The summed E-state index contributed by atoms with van der Waals surface area (Å²) in [5, 5.41) is 0. The molecule has 1 atom stereocenters. The van der Waals surface area contributed by atoms with E-state index in [2.05, 4.69) is 10.8 Å². The second kappa shape index (κ2) is 6.30. The van der Waals surface area contributed by atoms with Gasteiger partial charge in [-0.05, 0) is 26.2 Å². The van der Waals surface area contributed by atoms with E-state index in [0.717, 1.165) is 19.3 Å². The molecule has 1 unspecified atom stereocenters. The first kappa shape index (κ1) is 12.7. The summed E-state index contributed by atoms with van der Waals surface area (Å²) in [6, 6.07) is 0. The monoisotopic (exact) mass is 225 g/mol. The van der Waals surface area contributed by atoms with E-state index in [-0.39, 0.29) is 24.3 Å². The molecule has 0 saturated carbocycles. The lowest BCUT2D eigenvalue weighted by molar-refractivity contribution is -0.148. The number of ether oxygens (including phenoxy) is 1. The molecule has 1 aliphatic carbocycles. The molecule has 0 aliphatic heterocycles. The number of nitrogens with zero attached hydrogens (tertiary/aromatic N) is 1. The highest BCUT2D eigenvalue weighted by Gasteiger charge is 2.24. The predicted molar refractivity (Wildman–Crippen MR) is 60.8 cm³/mol. The number of likely N-dealkylation sites (N-methyl/N-ethyl adjacent to an activating group) is 1. The summed E-state index contributed by atoms with van der Waals surface area (Å²) in [5.74, 6) is -0.256. The minimum absolute atomic E-state index is 0.0367. The highest BCUT2D eigenvalue weighted by atomic mass is 16.5. The molecule has 1 aliphatic rings. The maximum atomic E-state index is 12.1. The van der Waals surface area contributed by atoms with E-state index in [0.29, 0.717) is 6.54 Å². The fourth-order valence-corrected chi connectivity index (χ4v) is 1.84. The van der Waals surface area contributed by atoms with Crippen LogP contribution < -0.4 is 0 Å². The van der Waals surface area contributed by atoms with Crippen LogP contribution in [0.5, 0.6) is 0 Å². The summed E-state index contributed by atoms with van der Waals surface area (Å²) in [6.07, 6.45) is 6.76. The second-order valence-corrected chi connectivity index (χ2v) is 3.91. The molecule has 1 rings (SSSR count). The van der Waals surface area contributed by atoms with Crippen LogP contribution in [0.4, 0.5) is 0 Å². The zero-order chi connectivity index (χ0) is 12.0. The van der Waals surface area contributed by atoms with Crippen molar-refractivity contribution < 1.29 is 14.3 Å². The lowest BCUT2D eigenvalue weighted by atomic mass is 9.93. The van der Waals surface area contributed by atoms with Crippen LogP contribution in [0.1, 0.15) is 26.2 Å². The largest absolute Gasteiger partial charge is 0.468 e. The van der Waals surface area contributed by atoms with Gasteiger partial charge >= 0.3 is 5.97 Å². The van der Waals surface area contributed by atoms with Crippen LogP contribution in [0.25, 0.3) is 0 Å². The van der Waals surface area contributed by atoms with Gasteiger partial charge in [0.15, 0.2) is 0 Å². The minimum atomic E-state index is -0.360. The third-order valence-corrected chi connectivity index (χ3v) is 2.86. The van der Waals surface area contributed by atoms with Crippen LogP contribution in [-0.2, 0) is 14.3 Å². The molecule has 16 heavy (non-hydrogen) atoms. The topological polar surface area (TPSA) is 46.6 Å². The molecule has 0 spiro atoms. The molecule has 0 aromatic carbocycles. The lowest BCUT2D eigenvalue weighted by Crippen LogP contribution is -2.40. The lowest BCUT2D eigenvalue weighted by Gasteiger charge is -2.25. The van der Waals surface area contributed by atoms with Gasteiger partial charge in [0.05, 0.1) is 7.11 Å². The summed E-state index contributed by atoms with van der Waals surface area (Å²) in [4.78, 5) is 24.8. The van der Waals surface area contributed by atoms with Gasteiger partial charge in [0.1, 0.15) is 6.54 Å². The van der Waals surface area contributed by atoms with Crippen molar-refractivity contribution in [2.45, 2.75) is 26.2 Å². The quantitative estimate of drug-likeness (QED) is 0.536. The van der Waals surface area contributed by atoms with Crippen molar-refractivity contribution in [2.75, 3.05) is 20.2 Å². The molecule has 0 aromatic heterocycles. The summed E-state index contributed by atoms with van der Waals surface area (Å²) in [7, 11) is 1.34. The maximum Gasteiger partial charge on any atom is 0.325 e. The Morgan fingerprint density at radius 1 is 1.44 bits per heavy atom. The van der Waals surface area contributed by atoms with Crippen LogP contribution in [0, 0.1) is 5.92 Å². The molecule has 1 amide bonds. The number of rotatable bonds is 4. The number of amides is 1. The molecule has 0 N–H and O–H groups in total. The third-order valence-electron chi connectivity index (χ3n) is 2.86. The van der Waals surface area contributed by atoms with Gasteiger partial charge in [0, 0.05) is 12.5 Å². The van der Waals surface area contributed by atoms with Crippen molar-refractivity contribution in [3.05, 3.63) is 12.2 Å². The first-order valence-electron chi connectivity index (χ1n) is 5.69. The number of carbonyl (C=O) groups excluding carboxylic acids is 2. The SMILES string of the molecule is CCN(CC(=O)OC)C(=O)C1CC=CCC1. The first-order chi connectivity index (χ1) is 7.69. The van der Waals surface area contributed by atoms with Crippen LogP contribution in [0.3, 0.4) is 0 Å². The van der Waals surface area contributed by atoms with Gasteiger partial charge in [-0.1, -0.05) is 12.2 Å². The first-order valence-corrected chi connectivity index (χ1v) is 5.69. The summed E-state index contributed by atoms with van der Waals surface area (Å²) >= 11 is 0. The predicted octanol–water partition coefficient (Wildman–Crippen LogP) is 1.36. The smallest absolute Gasteiger partial charge is 0.325 e. The molecule has 0 heterocycles. The molecule has 0 aromatic rings. The van der Waals surface area contributed by atoms with E-state index in [1.54, 1.807) is 4.90 Å². The standard InChI is InChI=1S/C12H19NO3/c1-3-13(9-11(14)16-2)12(15)10-7-5-4-6-8-10/h4-5,10H,3,6-9H2,1-2H3. The van der Waals surface area contributed by atoms with E-state index in [1.807, 2.05) is 13.0 Å². The Bertz CT molecular complexity index is 286. The van der Waals surface area contributed by atoms with E-state index in [1.165, 1.54) is 7.11 Å². The van der Waals surface area contributed by atoms with Gasteiger partial charge < -0.3 is 9.64 Å². The molecular weight excluding hydrogens is 206 g/mol. The van der Waals surface area contributed by atoms with Gasteiger partial charge in [-0.15, -0.1) is 0 Å². The van der Waals surface area contributed by atoms with Crippen LogP contribution in [0.2, 0.25) is 0 Å². The number of hydrogen-bond donors (Lipinski definition) is 0. The van der Waals surface area contributed by atoms with Crippen molar-refractivity contribution in [1.29, 1.82) is 0 Å². The number of carbonyl (C=O) groups is 2. The molecule has 90 valence electrons. The van der Waals surface area contributed by atoms with Crippen LogP contribution in [-0.4, -0.2) is 37.0 Å². The number of allylic oxidation sites excluding steroid dienone is 2. The van der Waals surface area contributed by atoms with E-state index < -0.39 is 0 Å². The normalized spacial score (nSPS) is 19.2. The van der Waals surface area contributed by atoms with Gasteiger partial charge in [0.25, 0.3) is 0 Å². The zero-order valence-corrected chi connectivity index (χ0v) is 9.94. The molecule has 0 radical (unpaired) electrons. The summed E-state index contributed by atoms with van der Waals surface area (Å²) < 4.78 is 4.57. The Kier molecular flexibility index (Phi) is 5.02. The Morgan fingerprint density at radius 2 is 2.19 bits per heavy atom. The average Bonchev–Trinajstić information content (AvgIpc) is 2.35. The Labute approximate surface area is 96.3 Å². The Morgan fingerprint density at radius 3 is 2.69 bits per heavy atom. The fraction of sp³-hybridized carbons (Fsp3) is 0.667. The summed E-state index contributed by atoms with van der Waals surface area (Å²) in [5.41, 5.74) is 0. The minimum Gasteiger partial charge on any atom is -0.468 e. The van der Waals surface area contributed by atoms with E-state index >= 15 is 0 Å². The number of methoxy groups -OCH3 is 1. The molecule has 4 heteroatoms. The third kappa shape index (κ3) is 3.36. The van der Waals surface area contributed by atoms with Crippen LogP contribution >= 0.6 is 0 Å². The molecule has 4 nitrogen and oxygen atoms in total. The van der Waals surface area contributed by atoms with Crippen molar-refractivity contribution in [2.24, 2.45) is 5.92 Å². The average molecular weight is 225 g/mol. The van der Waals surface area contributed by atoms with Gasteiger partial charge in [-0.2, -0.15) is 0 Å². The maximum absolute atomic E-state index is 12.1. The molecule has 0 fully saturated rings. The van der Waals surface area contributed by atoms with Crippen molar-refractivity contribution in [1.82, 2.24) is 4.90 Å². The van der Waals surface area contributed by atoms with Crippen molar-refractivity contribution in [3.8, 4) is 0 Å². The fourth-order valence-electron chi connectivity index (χ4n) is 1.84. The Hall–Kier alpha value is -1.32. The van der Waals surface area contributed by atoms with E-state index in [4.69, 9.17) is 0 Å². The molecule has 0 saturated heterocycles. The molecule has 0 bridgehead atoms. The summed E-state index contributed by atoms with van der Waals surface area (Å²) in [6.45, 7) is 2.49. The number of esters is 1. The van der Waals surface area contributed by atoms with Crippen molar-refractivity contribution >= 4 is 11.9 Å². The van der Waals surface area contributed by atoms with E-state index in [9.17, 15) is 9.59 Å². The van der Waals surface area contributed by atoms with Gasteiger partial charge in [-0.3, -0.25) is 9.59 Å². The second-order valence-electron chi connectivity index (χ2n) is 3.91.